The fourth-order valence-corrected chi connectivity index (χ4v) is 6.19. The van der Waals surface area contributed by atoms with Crippen molar-refractivity contribution in [1.29, 1.82) is 0 Å². The van der Waals surface area contributed by atoms with Crippen LogP contribution in [0, 0.1) is 5.92 Å². The molecule has 0 saturated heterocycles. The van der Waals surface area contributed by atoms with E-state index in [2.05, 4.69) is 23.2 Å². The predicted molar refractivity (Wildman–Crippen MR) is 118 cm³/mol. The zero-order valence-electron chi connectivity index (χ0n) is 18.6. The molecule has 3 heterocycles. The van der Waals surface area contributed by atoms with Crippen molar-refractivity contribution in [3.63, 3.8) is 0 Å². The maximum atomic E-state index is 13.5. The van der Waals surface area contributed by atoms with E-state index in [0.29, 0.717) is 44.7 Å². The summed E-state index contributed by atoms with van der Waals surface area (Å²) in [7, 11) is 2.00. The second kappa shape index (κ2) is 7.65. The second-order valence-corrected chi connectivity index (χ2v) is 9.73. The van der Waals surface area contributed by atoms with E-state index in [4.69, 9.17) is 0 Å². The normalized spacial score (nSPS) is 28.2. The highest BCUT2D eigenvalue weighted by Gasteiger charge is 2.48. The Morgan fingerprint density at radius 3 is 2.56 bits per heavy atom. The number of hydrogen-bond acceptors (Lipinski definition) is 3. The van der Waals surface area contributed by atoms with Gasteiger partial charge in [0.1, 0.15) is 5.69 Å². The first-order valence-electron chi connectivity index (χ1n) is 11.6. The quantitative estimate of drug-likeness (QED) is 0.608. The number of para-hydroxylation sites is 1. The zero-order valence-corrected chi connectivity index (χ0v) is 18.6. The number of ketones is 1. The number of likely N-dealkylation sites (N-methyl/N-ethyl adjacent to an activating group) is 1. The van der Waals surface area contributed by atoms with Crippen LogP contribution in [-0.2, 0) is 18.3 Å². The molecule has 1 fully saturated rings. The fraction of sp³-hybridized carbons (Fsp3) is 0.560. The number of carbonyl (C=O) groups excluding carboxylic acids is 1. The standard InChI is InChI=1S/C25H30F3N3O/c1-16-10-13-29-22-18(16)4-3-5-19(22)23(32)17-8-11-24(12-9-17)20-6-7-21(25(26,27)28)31(20)15-14-30(24)2/h3-7,16-17,29H,8-15H2,1-2H3. The first kappa shape index (κ1) is 21.6. The minimum Gasteiger partial charge on any atom is -0.384 e. The topological polar surface area (TPSA) is 37.3 Å². The highest BCUT2D eigenvalue weighted by molar-refractivity contribution is 6.03. The molecule has 1 aliphatic carbocycles. The summed E-state index contributed by atoms with van der Waals surface area (Å²) in [6.45, 7) is 3.99. The van der Waals surface area contributed by atoms with Gasteiger partial charge in [0.2, 0.25) is 0 Å². The van der Waals surface area contributed by atoms with Crippen molar-refractivity contribution in [1.82, 2.24) is 9.47 Å². The molecule has 2 aromatic rings. The number of carbonyl (C=O) groups is 1. The predicted octanol–water partition coefficient (Wildman–Crippen LogP) is 5.64. The summed E-state index contributed by atoms with van der Waals surface area (Å²) in [6, 6.07) is 8.86. The average Bonchev–Trinajstić information content (AvgIpc) is 3.22. The zero-order chi connectivity index (χ0) is 22.7. The molecule has 1 aromatic carbocycles. The molecule has 3 aliphatic rings. The average molecular weight is 446 g/mol. The monoisotopic (exact) mass is 445 g/mol. The lowest BCUT2D eigenvalue weighted by molar-refractivity contribution is -0.144. The number of Topliss-reactive ketones (excluding diaryl/α,β-unsaturated/α-hetero) is 1. The van der Waals surface area contributed by atoms with Gasteiger partial charge in [0, 0.05) is 42.5 Å². The molecule has 5 rings (SSSR count). The number of nitrogens with one attached hydrogen (secondary N) is 1. The van der Waals surface area contributed by atoms with Gasteiger partial charge in [0.25, 0.3) is 0 Å². The number of rotatable bonds is 2. The van der Waals surface area contributed by atoms with Crippen molar-refractivity contribution in [3.05, 3.63) is 52.8 Å². The number of halogens is 3. The summed E-state index contributed by atoms with van der Waals surface area (Å²) in [5.41, 5.74) is 2.72. The first-order chi connectivity index (χ1) is 15.2. The van der Waals surface area contributed by atoms with Crippen LogP contribution in [0.25, 0.3) is 0 Å². The van der Waals surface area contributed by atoms with Crippen LogP contribution in [0.3, 0.4) is 0 Å². The number of aromatic nitrogens is 1. The summed E-state index contributed by atoms with van der Waals surface area (Å²) in [5, 5.41) is 3.44. The molecular formula is C25H30F3N3O. The lowest BCUT2D eigenvalue weighted by Gasteiger charge is -2.50. The highest BCUT2D eigenvalue weighted by atomic mass is 19.4. The first-order valence-corrected chi connectivity index (χ1v) is 11.6. The van der Waals surface area contributed by atoms with Gasteiger partial charge in [-0.05, 0) is 68.8 Å². The van der Waals surface area contributed by atoms with Crippen LogP contribution < -0.4 is 5.32 Å². The van der Waals surface area contributed by atoms with Gasteiger partial charge in [-0.2, -0.15) is 13.2 Å². The van der Waals surface area contributed by atoms with Crippen LogP contribution in [0.1, 0.15) is 72.3 Å². The Bertz CT molecular complexity index is 1030. The molecule has 1 unspecified atom stereocenters. The third kappa shape index (κ3) is 3.28. The number of anilines is 1. The molecule has 1 N–H and O–H groups in total. The van der Waals surface area contributed by atoms with Gasteiger partial charge in [-0.3, -0.25) is 9.69 Å². The Labute approximate surface area is 186 Å². The van der Waals surface area contributed by atoms with Crippen molar-refractivity contribution in [2.45, 2.75) is 63.2 Å². The van der Waals surface area contributed by atoms with Crippen LogP contribution in [0.2, 0.25) is 0 Å². The molecule has 4 nitrogen and oxygen atoms in total. The van der Waals surface area contributed by atoms with Crippen LogP contribution in [-0.4, -0.2) is 35.4 Å². The summed E-state index contributed by atoms with van der Waals surface area (Å²) in [6.07, 6.45) is -0.522. The number of hydrogen-bond donors (Lipinski definition) is 1. The van der Waals surface area contributed by atoms with E-state index in [0.717, 1.165) is 29.9 Å². The van der Waals surface area contributed by atoms with Gasteiger partial charge in [0.05, 0.1) is 5.54 Å². The van der Waals surface area contributed by atoms with Gasteiger partial charge >= 0.3 is 6.18 Å². The minimum atomic E-state index is -4.35. The van der Waals surface area contributed by atoms with Gasteiger partial charge < -0.3 is 9.88 Å². The lowest BCUT2D eigenvalue weighted by atomic mass is 9.71. The molecule has 172 valence electrons. The van der Waals surface area contributed by atoms with E-state index in [1.807, 2.05) is 19.2 Å². The SMILES string of the molecule is CC1CCNc2c(C(=O)C3CCC4(CC3)c3ccc(C(F)(F)F)n3CCN4C)cccc21. The van der Waals surface area contributed by atoms with Crippen molar-refractivity contribution < 1.29 is 18.0 Å². The molecular weight excluding hydrogens is 415 g/mol. The molecule has 0 radical (unpaired) electrons. The van der Waals surface area contributed by atoms with Gasteiger partial charge in [-0.1, -0.05) is 19.1 Å². The van der Waals surface area contributed by atoms with Crippen LogP contribution in [0.5, 0.6) is 0 Å². The van der Waals surface area contributed by atoms with Gasteiger partial charge in [0.15, 0.2) is 5.78 Å². The summed E-state index contributed by atoms with van der Waals surface area (Å²) >= 11 is 0. The van der Waals surface area contributed by atoms with E-state index in [-0.39, 0.29) is 11.7 Å². The largest absolute Gasteiger partial charge is 0.431 e. The minimum absolute atomic E-state index is 0.0908. The van der Waals surface area contributed by atoms with Gasteiger partial charge in [-0.15, -0.1) is 0 Å². The van der Waals surface area contributed by atoms with E-state index in [9.17, 15) is 18.0 Å². The summed E-state index contributed by atoms with van der Waals surface area (Å²) < 4.78 is 42.0. The Balaban J connectivity index is 1.40. The number of nitrogens with zero attached hydrogens (tertiary/aromatic N) is 2. The molecule has 0 amide bonds. The molecule has 1 spiro atoms. The summed E-state index contributed by atoms with van der Waals surface area (Å²) in [5.74, 6) is 0.509. The van der Waals surface area contributed by atoms with Crippen LogP contribution >= 0.6 is 0 Å². The highest BCUT2D eigenvalue weighted by Crippen LogP contribution is 2.48. The molecule has 1 atom stereocenters. The number of benzene rings is 1. The van der Waals surface area contributed by atoms with Crippen molar-refractivity contribution >= 4 is 11.5 Å². The molecule has 0 bridgehead atoms. The number of fused-ring (bicyclic) bond motifs is 3. The van der Waals surface area contributed by atoms with Crippen molar-refractivity contribution in [2.75, 3.05) is 25.5 Å². The van der Waals surface area contributed by atoms with Crippen LogP contribution in [0.15, 0.2) is 30.3 Å². The third-order valence-corrected chi connectivity index (χ3v) is 8.09. The smallest absolute Gasteiger partial charge is 0.384 e. The maximum Gasteiger partial charge on any atom is 0.431 e. The lowest BCUT2D eigenvalue weighted by Crippen LogP contribution is -2.52. The molecule has 1 saturated carbocycles. The Morgan fingerprint density at radius 2 is 1.84 bits per heavy atom. The summed E-state index contributed by atoms with van der Waals surface area (Å²) in [4.78, 5) is 15.7. The Morgan fingerprint density at radius 1 is 1.09 bits per heavy atom. The van der Waals surface area contributed by atoms with E-state index < -0.39 is 17.4 Å². The van der Waals surface area contributed by atoms with E-state index in [1.54, 1.807) is 6.07 Å². The number of alkyl halides is 3. The molecule has 1 aromatic heterocycles. The Kier molecular flexibility index (Phi) is 5.15. The Hall–Kier alpha value is -2.28. The van der Waals surface area contributed by atoms with Crippen molar-refractivity contribution in [3.8, 4) is 0 Å². The third-order valence-electron chi connectivity index (χ3n) is 8.09. The molecule has 2 aliphatic heterocycles. The van der Waals surface area contributed by atoms with Gasteiger partial charge in [-0.25, -0.2) is 0 Å². The molecule has 32 heavy (non-hydrogen) atoms. The fourth-order valence-electron chi connectivity index (χ4n) is 6.19. The van der Waals surface area contributed by atoms with E-state index >= 15 is 0 Å². The van der Waals surface area contributed by atoms with Crippen molar-refractivity contribution in [2.24, 2.45) is 5.92 Å². The van der Waals surface area contributed by atoms with Crippen LogP contribution in [0.4, 0.5) is 18.9 Å². The molecule has 7 heteroatoms. The maximum absolute atomic E-state index is 13.5. The second-order valence-electron chi connectivity index (χ2n) is 9.73. The van der Waals surface area contributed by atoms with E-state index in [1.165, 1.54) is 16.2 Å².